The van der Waals surface area contributed by atoms with Crippen LogP contribution in [0.1, 0.15) is 0 Å². The number of benzene rings is 12. The summed E-state index contributed by atoms with van der Waals surface area (Å²) in [4.78, 5) is 22.1. The number of rotatable bonds is 11. The van der Waals surface area contributed by atoms with Crippen LogP contribution in [-0.4, -0.2) is 19.9 Å². The molecule has 396 valence electrons. The minimum atomic E-state index is 0.875. The van der Waals surface area contributed by atoms with Gasteiger partial charge in [0.25, 0.3) is 0 Å². The summed E-state index contributed by atoms with van der Waals surface area (Å²) in [7, 11) is 0. The second-order valence-electron chi connectivity index (χ2n) is 19.6. The molecule has 0 spiro atoms. The number of nitrogens with zero attached hydrogens (tertiary/aromatic N) is 5. The molecule has 14 aromatic rings. The third-order valence-corrected chi connectivity index (χ3v) is 14.6. The molecule has 7 heteroatoms. The summed E-state index contributed by atoms with van der Waals surface area (Å²) in [6.45, 7) is 0. The fourth-order valence-electron chi connectivity index (χ4n) is 9.90. The van der Waals surface area contributed by atoms with Crippen LogP contribution in [0.15, 0.2) is 332 Å². The van der Waals surface area contributed by atoms with Gasteiger partial charge in [-0.2, -0.15) is 0 Å². The van der Waals surface area contributed by atoms with Crippen LogP contribution in [-0.2, 0) is 0 Å². The van der Waals surface area contributed by atoms with Crippen molar-refractivity contribution in [3.05, 3.63) is 332 Å². The Hall–Kier alpha value is -10.6. The lowest BCUT2D eigenvalue weighted by Crippen LogP contribution is -2.09. The fraction of sp³-hybridized carbons (Fsp3) is 0. The molecule has 2 aromatic heterocycles. The summed E-state index contributed by atoms with van der Waals surface area (Å²) in [5.41, 5.74) is 21.7. The maximum absolute atomic E-state index is 5.08. The Morgan fingerprint density at radius 2 is 0.458 bits per heavy atom. The number of hydrogen-bond acceptors (Lipinski definition) is 6. The second-order valence-corrected chi connectivity index (χ2v) is 20.5. The van der Waals surface area contributed by atoms with Crippen molar-refractivity contribution in [1.29, 1.82) is 0 Å². The molecule has 2 heterocycles. The van der Waals surface area contributed by atoms with Gasteiger partial charge in [-0.05, 0) is 119 Å². The number of para-hydroxylation sites is 6. The highest BCUT2D eigenvalue weighted by Crippen LogP contribution is 2.39. The molecule has 0 amide bonds. The van der Waals surface area contributed by atoms with Gasteiger partial charge in [-0.3, -0.25) is 0 Å². The Balaban J connectivity index is 0.000000136. The monoisotopic (exact) mass is 1130 g/mol. The zero-order valence-corrected chi connectivity index (χ0v) is 46.9. The first kappa shape index (κ1) is 53.1. The number of anilines is 5. The van der Waals surface area contributed by atoms with Crippen molar-refractivity contribution >= 4 is 66.4 Å². The van der Waals surface area contributed by atoms with E-state index in [0.29, 0.717) is 0 Å². The Morgan fingerprint density at radius 3 is 0.831 bits per heavy atom. The summed E-state index contributed by atoms with van der Waals surface area (Å²) in [5.74, 6) is 0. The van der Waals surface area contributed by atoms with E-state index in [9.17, 15) is 0 Å². The van der Waals surface area contributed by atoms with Crippen LogP contribution in [0.4, 0.5) is 28.4 Å². The third-order valence-electron chi connectivity index (χ3n) is 14.1. The molecule has 83 heavy (non-hydrogen) atoms. The normalized spacial score (nSPS) is 10.7. The van der Waals surface area contributed by atoms with Crippen molar-refractivity contribution in [2.75, 3.05) is 10.2 Å². The average molecular weight is 1130 g/mol. The van der Waals surface area contributed by atoms with E-state index in [4.69, 9.17) is 19.9 Å². The van der Waals surface area contributed by atoms with E-state index in [1.807, 2.05) is 133 Å². The lowest BCUT2D eigenvalue weighted by molar-refractivity contribution is 1.27. The first-order chi connectivity index (χ1) is 41.1. The zero-order valence-electron chi connectivity index (χ0n) is 45.3. The first-order valence-corrected chi connectivity index (χ1v) is 28.3. The summed E-state index contributed by atoms with van der Waals surface area (Å²) < 4.78 is 1.05. The number of nitrogens with one attached hydrogen (secondary N) is 1. The fourth-order valence-corrected chi connectivity index (χ4v) is 10.2. The van der Waals surface area contributed by atoms with Gasteiger partial charge < -0.3 is 10.2 Å². The summed E-state index contributed by atoms with van der Waals surface area (Å²) in [5, 5.41) is 3.38. The molecular formula is C76H55BrN6. The van der Waals surface area contributed by atoms with Crippen molar-refractivity contribution in [3.8, 4) is 67.3 Å². The molecule has 6 nitrogen and oxygen atoms in total. The third kappa shape index (κ3) is 12.9. The van der Waals surface area contributed by atoms with E-state index in [1.54, 1.807) is 0 Å². The molecule has 0 saturated heterocycles. The van der Waals surface area contributed by atoms with Crippen LogP contribution < -0.4 is 10.2 Å². The van der Waals surface area contributed by atoms with Crippen molar-refractivity contribution in [2.45, 2.75) is 0 Å². The van der Waals surface area contributed by atoms with Crippen LogP contribution in [0, 0.1) is 0 Å². The van der Waals surface area contributed by atoms with Gasteiger partial charge in [0.05, 0.1) is 44.8 Å². The highest BCUT2D eigenvalue weighted by molar-refractivity contribution is 9.10. The van der Waals surface area contributed by atoms with E-state index in [1.165, 1.54) is 22.3 Å². The quantitative estimate of drug-likeness (QED) is 0.139. The molecule has 0 bridgehead atoms. The maximum atomic E-state index is 5.08. The molecule has 14 rings (SSSR count). The van der Waals surface area contributed by atoms with Crippen molar-refractivity contribution in [2.24, 2.45) is 0 Å². The molecule has 0 aliphatic heterocycles. The second kappa shape index (κ2) is 25.7. The summed E-state index contributed by atoms with van der Waals surface area (Å²) in [6, 6.07) is 112. The smallest absolute Gasteiger partial charge is 0.0973 e. The predicted octanol–water partition coefficient (Wildman–Crippen LogP) is 20.9. The molecule has 0 saturated carbocycles. The van der Waals surface area contributed by atoms with Gasteiger partial charge in [-0.25, -0.2) is 19.9 Å². The Kier molecular flexibility index (Phi) is 16.4. The van der Waals surface area contributed by atoms with E-state index >= 15 is 0 Å². The molecule has 0 atom stereocenters. The number of fused-ring (bicyclic) bond motifs is 2. The number of aromatic nitrogens is 4. The van der Waals surface area contributed by atoms with Gasteiger partial charge in [-0.1, -0.05) is 246 Å². The van der Waals surface area contributed by atoms with Crippen LogP contribution in [0.3, 0.4) is 0 Å². The Morgan fingerprint density at radius 1 is 0.217 bits per heavy atom. The van der Waals surface area contributed by atoms with Crippen molar-refractivity contribution in [1.82, 2.24) is 19.9 Å². The summed E-state index contributed by atoms with van der Waals surface area (Å²) >= 11 is 3.49. The van der Waals surface area contributed by atoms with E-state index in [0.717, 1.165) is 100 Å². The maximum Gasteiger partial charge on any atom is 0.0973 e. The predicted molar refractivity (Wildman–Crippen MR) is 350 cm³/mol. The lowest BCUT2D eigenvalue weighted by Gasteiger charge is -2.26. The molecule has 0 unspecified atom stereocenters. The minimum Gasteiger partial charge on any atom is -0.356 e. The average Bonchev–Trinajstić information content (AvgIpc) is 3.75. The van der Waals surface area contributed by atoms with Gasteiger partial charge in [0.15, 0.2) is 0 Å². The Bertz CT molecular complexity index is 4350. The lowest BCUT2D eigenvalue weighted by atomic mass is 10.0. The van der Waals surface area contributed by atoms with E-state index in [-0.39, 0.29) is 0 Å². The first-order valence-electron chi connectivity index (χ1n) is 27.6. The van der Waals surface area contributed by atoms with Crippen LogP contribution in [0.2, 0.25) is 0 Å². The molecule has 0 aliphatic carbocycles. The molecule has 0 fully saturated rings. The van der Waals surface area contributed by atoms with Crippen LogP contribution >= 0.6 is 15.9 Å². The SMILES string of the molecule is Brc1ccc(-c2nc3ccccc3nc2-c2ccccc2)cc1.c1ccc(-c2ccc(N(c3ccccc3)c3ccc(-c4nc5ccccc5nc4-c4ccccc4)cc3)cc2)cc1.c1ccc(Nc2ccc(-c3ccccc3)cc2)cc1. The Labute approximate surface area is 492 Å². The van der Waals surface area contributed by atoms with Gasteiger partial charge in [-0.15, -0.1) is 0 Å². The van der Waals surface area contributed by atoms with E-state index in [2.05, 4.69) is 220 Å². The highest BCUT2D eigenvalue weighted by Gasteiger charge is 2.17. The van der Waals surface area contributed by atoms with Crippen molar-refractivity contribution < 1.29 is 0 Å². The van der Waals surface area contributed by atoms with Gasteiger partial charge in [0.2, 0.25) is 0 Å². The minimum absolute atomic E-state index is 0.875. The largest absolute Gasteiger partial charge is 0.356 e. The molecule has 12 aromatic carbocycles. The van der Waals surface area contributed by atoms with Crippen LogP contribution in [0.25, 0.3) is 89.4 Å². The van der Waals surface area contributed by atoms with Crippen molar-refractivity contribution in [3.63, 3.8) is 0 Å². The zero-order chi connectivity index (χ0) is 56.0. The molecular weight excluding hydrogens is 1080 g/mol. The van der Waals surface area contributed by atoms with E-state index < -0.39 is 0 Å². The van der Waals surface area contributed by atoms with Gasteiger partial charge in [0.1, 0.15) is 0 Å². The summed E-state index contributed by atoms with van der Waals surface area (Å²) in [6.07, 6.45) is 0. The topological polar surface area (TPSA) is 66.8 Å². The molecule has 0 aliphatic rings. The standard InChI is InChI=1S/C38H27N3.C20H13BrN2.C18H15N/c1-4-12-28(13-5-1)29-20-24-33(25-21-29)41(32-16-8-3-9-17-32)34-26-22-31(23-27-34)38-37(30-14-6-2-7-15-30)39-35-18-10-11-19-36(35)40-38;21-16-12-10-15(11-13-16)20-19(14-6-2-1-3-7-14)22-17-8-4-5-9-18(17)23-20;1-3-7-15(8-4-1)16-11-13-18(14-12-16)19-17-9-5-2-6-10-17/h1-27H;1-13H;1-14,19H. The number of halogens is 1. The van der Waals surface area contributed by atoms with Gasteiger partial charge >= 0.3 is 0 Å². The molecule has 0 radical (unpaired) electrons. The molecule has 1 N–H and O–H groups in total. The number of hydrogen-bond donors (Lipinski definition) is 1. The van der Waals surface area contributed by atoms with Crippen LogP contribution in [0.5, 0.6) is 0 Å². The van der Waals surface area contributed by atoms with Gasteiger partial charge in [0, 0.05) is 55.2 Å². The highest BCUT2D eigenvalue weighted by atomic mass is 79.9.